The highest BCUT2D eigenvalue weighted by molar-refractivity contribution is 6.70. The number of pyridine rings is 1. The van der Waals surface area contributed by atoms with Crippen LogP contribution >= 0.6 is 0 Å². The largest absolute Gasteiger partial charge is 0.688 e. The number of carbonyl (C=O) groups excluding carboxylic acids is 4. The fraction of sp³-hybridized carbons (Fsp3) is 0.464. The molecule has 1 unspecified atom stereocenters. The molecule has 1 aromatic heterocycles. The lowest BCUT2D eigenvalue weighted by atomic mass is 9.57. The van der Waals surface area contributed by atoms with E-state index >= 15 is 0 Å². The lowest BCUT2D eigenvalue weighted by molar-refractivity contribution is -0.154. The van der Waals surface area contributed by atoms with Crippen molar-refractivity contribution in [2.75, 3.05) is 0 Å². The van der Waals surface area contributed by atoms with Crippen molar-refractivity contribution in [3.63, 3.8) is 0 Å². The molecule has 0 radical (unpaired) electrons. The van der Waals surface area contributed by atoms with Gasteiger partial charge in [0.1, 0.15) is 11.7 Å². The molecule has 2 fully saturated rings. The summed E-state index contributed by atoms with van der Waals surface area (Å²) in [5.41, 5.74) is 1.51. The first-order valence-electron chi connectivity index (χ1n) is 13.3. The van der Waals surface area contributed by atoms with Gasteiger partial charge in [-0.1, -0.05) is 56.7 Å². The standard InChI is InChI=1S/C28H35BN2O8/c1-16(2)14-21(29-37-27(35)18(4)39(29)19(5)28(36)38-29)15-24(33)25(17(3)32)31-26(34)23-13-9-12-22(30-23)20-10-7-6-8-11-20/h6-13,16-19,21,25,32H,14-15H2,1-5H3,(H,31,34)/t17-,18-,19+,21-,25+,29?/m1/s1. The molecule has 0 aliphatic carbocycles. The predicted octanol–water partition coefficient (Wildman–Crippen LogP) is 2.99. The van der Waals surface area contributed by atoms with E-state index in [2.05, 4.69) is 14.6 Å². The Hall–Kier alpha value is -3.57. The summed E-state index contributed by atoms with van der Waals surface area (Å²) in [4.78, 5) is 56.3. The normalized spacial score (nSPS) is 25.0. The molecule has 0 spiro atoms. The number of aliphatic hydroxyl groups excluding tert-OH is 1. The number of benzene rings is 1. The zero-order chi connectivity index (χ0) is 28.5. The van der Waals surface area contributed by atoms with Crippen LogP contribution in [-0.4, -0.2) is 64.8 Å². The van der Waals surface area contributed by atoms with Crippen molar-refractivity contribution in [2.45, 2.75) is 77.6 Å². The number of rotatable bonds is 10. The summed E-state index contributed by atoms with van der Waals surface area (Å²) in [6.45, 7) is 5.86. The Kier molecular flexibility index (Phi) is 8.22. The Morgan fingerprint density at radius 2 is 1.62 bits per heavy atom. The monoisotopic (exact) mass is 538 g/mol. The average Bonchev–Trinajstić information content (AvgIpc) is 3.30. The second-order valence-corrected chi connectivity index (χ2v) is 10.8. The van der Waals surface area contributed by atoms with Gasteiger partial charge in [0.15, 0.2) is 5.78 Å². The van der Waals surface area contributed by atoms with Crippen molar-refractivity contribution < 1.29 is 37.9 Å². The van der Waals surface area contributed by atoms with Gasteiger partial charge in [-0.3, -0.25) is 9.59 Å². The van der Waals surface area contributed by atoms with E-state index in [-0.39, 0.29) is 18.0 Å². The number of fused-ring (bicyclic) bond motifs is 1. The van der Waals surface area contributed by atoms with E-state index in [9.17, 15) is 24.3 Å². The lowest BCUT2D eigenvalue weighted by Crippen LogP contribution is -2.53. The van der Waals surface area contributed by atoms with E-state index in [0.717, 1.165) is 5.56 Å². The van der Waals surface area contributed by atoms with E-state index in [0.29, 0.717) is 12.1 Å². The highest BCUT2D eigenvalue weighted by atomic mass is 16.9. The van der Waals surface area contributed by atoms with Crippen LogP contribution in [0.1, 0.15) is 57.9 Å². The number of nitrogens with one attached hydrogen (secondary N) is 1. The number of Topliss-reactive ketones (excluding diaryl/α,β-unsaturated/α-hetero) is 1. The van der Waals surface area contributed by atoms with Crippen molar-refractivity contribution >= 4 is 30.4 Å². The molecule has 10 nitrogen and oxygen atoms in total. The van der Waals surface area contributed by atoms with Crippen LogP contribution in [0, 0.1) is 5.92 Å². The van der Waals surface area contributed by atoms with Gasteiger partial charge in [0.25, 0.3) is 5.91 Å². The van der Waals surface area contributed by atoms with Crippen LogP contribution in [0.3, 0.4) is 0 Å². The number of hydrogen-bond donors (Lipinski definition) is 2. The molecule has 2 aromatic rings. The average molecular weight is 538 g/mol. The molecule has 208 valence electrons. The molecule has 6 atom stereocenters. The van der Waals surface area contributed by atoms with Crippen LogP contribution in [0.2, 0.25) is 5.82 Å². The molecule has 1 amide bonds. The van der Waals surface area contributed by atoms with Gasteiger partial charge in [-0.25, -0.2) is 14.6 Å². The van der Waals surface area contributed by atoms with Gasteiger partial charge >= 0.3 is 18.7 Å². The minimum absolute atomic E-state index is 0.0650. The van der Waals surface area contributed by atoms with E-state index in [1.807, 2.05) is 44.2 Å². The maximum absolute atomic E-state index is 13.6. The first-order valence-corrected chi connectivity index (χ1v) is 13.3. The minimum atomic E-state index is -2.66. The van der Waals surface area contributed by atoms with Crippen LogP contribution in [0.15, 0.2) is 48.5 Å². The van der Waals surface area contributed by atoms with E-state index in [1.54, 1.807) is 26.0 Å². The Morgan fingerprint density at radius 1 is 1.00 bits per heavy atom. The third-order valence-corrected chi connectivity index (χ3v) is 7.40. The maximum Gasteiger partial charge on any atom is 0.688 e. The molecule has 11 heteroatoms. The minimum Gasteiger partial charge on any atom is -0.579 e. The van der Waals surface area contributed by atoms with Gasteiger partial charge in [0.2, 0.25) is 12.2 Å². The number of hydrogen-bond acceptors (Lipinski definition) is 8. The van der Waals surface area contributed by atoms with Crippen molar-refractivity contribution in [1.82, 2.24) is 10.3 Å². The molecule has 2 aliphatic heterocycles. The number of aromatic nitrogens is 1. The summed E-state index contributed by atoms with van der Waals surface area (Å²) < 4.78 is 14.1. The summed E-state index contributed by atoms with van der Waals surface area (Å²) in [6, 6.07) is 13.1. The number of carbonyl (C=O) groups is 4. The molecule has 1 aromatic carbocycles. The zero-order valence-corrected chi connectivity index (χ0v) is 22.8. The summed E-state index contributed by atoms with van der Waals surface area (Å²) >= 11 is 0. The lowest BCUT2D eigenvalue weighted by Gasteiger charge is -2.38. The van der Waals surface area contributed by atoms with E-state index < -0.39 is 60.6 Å². The molecular formula is C28H35BN2O8. The number of nitrogens with zero attached hydrogens (tertiary/aromatic N) is 1. The molecular weight excluding hydrogens is 503 g/mol. The van der Waals surface area contributed by atoms with Gasteiger partial charge in [-0.2, -0.15) is 0 Å². The van der Waals surface area contributed by atoms with Crippen LogP contribution in [0.5, 0.6) is 0 Å². The number of amides is 1. The molecule has 4 rings (SSSR count). The van der Waals surface area contributed by atoms with E-state index in [4.69, 9.17) is 9.31 Å². The molecule has 0 bridgehead atoms. The van der Waals surface area contributed by atoms with Gasteiger partial charge in [-0.05, 0) is 31.4 Å². The van der Waals surface area contributed by atoms with Gasteiger partial charge in [0.05, 0.1) is 11.8 Å². The second kappa shape index (κ2) is 11.3. The highest BCUT2D eigenvalue weighted by Crippen LogP contribution is 2.49. The van der Waals surface area contributed by atoms with Gasteiger partial charge in [-0.15, -0.1) is 0 Å². The SMILES string of the molecule is CC(C)C[C@H](CC(=O)[C@@H](NC(=O)c1cccc(-c2ccccc2)n1)[C@@H](C)O)[B-]12OC(=O)[C@@H](C)[O+]1[C@@H](C)C(=O)O2. The molecule has 2 aliphatic rings. The van der Waals surface area contributed by atoms with E-state index in [1.165, 1.54) is 13.0 Å². The van der Waals surface area contributed by atoms with Crippen LogP contribution < -0.4 is 5.32 Å². The van der Waals surface area contributed by atoms with Crippen molar-refractivity contribution in [1.29, 1.82) is 0 Å². The van der Waals surface area contributed by atoms with Crippen LogP contribution in [0.4, 0.5) is 0 Å². The zero-order valence-electron chi connectivity index (χ0n) is 22.8. The fourth-order valence-electron chi connectivity index (χ4n) is 5.56. The van der Waals surface area contributed by atoms with Crippen LogP contribution in [0.25, 0.3) is 11.3 Å². The Balaban J connectivity index is 1.57. The first-order chi connectivity index (χ1) is 18.4. The smallest absolute Gasteiger partial charge is 0.579 e. The summed E-state index contributed by atoms with van der Waals surface area (Å²) in [5, 5.41) is 13.1. The first kappa shape index (κ1) is 28.4. The second-order valence-electron chi connectivity index (χ2n) is 10.8. The maximum atomic E-state index is 13.6. The van der Waals surface area contributed by atoms with Crippen LogP contribution in [-0.2, 0) is 28.0 Å². The summed E-state index contributed by atoms with van der Waals surface area (Å²) in [7, 11) is 0. The molecule has 0 saturated carbocycles. The topological polar surface area (TPSA) is 135 Å². The number of aliphatic hydroxyl groups is 1. The van der Waals surface area contributed by atoms with Crippen molar-refractivity contribution in [2.24, 2.45) is 5.92 Å². The third-order valence-electron chi connectivity index (χ3n) is 7.40. The fourth-order valence-corrected chi connectivity index (χ4v) is 5.56. The summed E-state index contributed by atoms with van der Waals surface area (Å²) in [6.07, 6.45) is -2.59. The Labute approximate surface area is 227 Å². The molecule has 2 N–H and O–H groups in total. The van der Waals surface area contributed by atoms with Crippen molar-refractivity contribution in [3.05, 3.63) is 54.2 Å². The Bertz CT molecular complexity index is 1230. The van der Waals surface area contributed by atoms with Gasteiger partial charge in [0, 0.05) is 25.2 Å². The third kappa shape index (κ3) is 5.60. The predicted molar refractivity (Wildman–Crippen MR) is 143 cm³/mol. The number of ketones is 1. The molecule has 2 saturated heterocycles. The molecule has 39 heavy (non-hydrogen) atoms. The highest BCUT2D eigenvalue weighted by Gasteiger charge is 2.71. The quantitative estimate of drug-likeness (QED) is 0.348. The molecule has 3 heterocycles. The Morgan fingerprint density at radius 3 is 2.18 bits per heavy atom. The summed E-state index contributed by atoms with van der Waals surface area (Å²) in [5.74, 6) is -2.83. The van der Waals surface area contributed by atoms with Crippen molar-refractivity contribution in [3.8, 4) is 11.3 Å². The van der Waals surface area contributed by atoms with Gasteiger partial charge < -0.3 is 24.0 Å².